The third-order valence-electron chi connectivity index (χ3n) is 2.90. The number of hydrogen-bond donors (Lipinski definition) is 1. The van der Waals surface area contributed by atoms with E-state index in [0.29, 0.717) is 19.4 Å². The van der Waals surface area contributed by atoms with Gasteiger partial charge in [0.25, 0.3) is 5.92 Å². The van der Waals surface area contributed by atoms with Gasteiger partial charge in [0.15, 0.2) is 0 Å². The summed E-state index contributed by atoms with van der Waals surface area (Å²) < 4.78 is 26.0. The Kier molecular flexibility index (Phi) is 2.14. The van der Waals surface area contributed by atoms with Gasteiger partial charge < -0.3 is 5.32 Å². The molecule has 0 aromatic carbocycles. The van der Waals surface area contributed by atoms with Gasteiger partial charge in [0, 0.05) is 12.0 Å². The van der Waals surface area contributed by atoms with Crippen molar-refractivity contribution >= 4 is 12.4 Å². The molecule has 1 saturated heterocycles. The monoisotopic (exact) mass is 183 g/mol. The molecule has 11 heavy (non-hydrogen) atoms. The van der Waals surface area contributed by atoms with Crippen molar-refractivity contribution < 1.29 is 8.78 Å². The summed E-state index contributed by atoms with van der Waals surface area (Å²) >= 11 is 0. The number of alkyl halides is 2. The lowest BCUT2D eigenvalue weighted by Crippen LogP contribution is -2.45. The molecule has 1 nitrogen and oxygen atoms in total. The van der Waals surface area contributed by atoms with Crippen LogP contribution in [-0.2, 0) is 0 Å². The average Bonchev–Trinajstić information content (AvgIpc) is 2.02. The second kappa shape index (κ2) is 2.56. The van der Waals surface area contributed by atoms with Crippen molar-refractivity contribution in [2.75, 3.05) is 13.1 Å². The molecule has 1 spiro atoms. The van der Waals surface area contributed by atoms with Gasteiger partial charge in [0.05, 0.1) is 6.54 Å². The Balaban J connectivity index is 0.000000605. The Morgan fingerprint density at radius 1 is 1.09 bits per heavy atom. The van der Waals surface area contributed by atoms with E-state index in [1.165, 1.54) is 0 Å². The van der Waals surface area contributed by atoms with Crippen LogP contribution < -0.4 is 5.32 Å². The van der Waals surface area contributed by atoms with E-state index in [9.17, 15) is 8.78 Å². The Morgan fingerprint density at radius 2 is 1.73 bits per heavy atom. The first kappa shape index (κ1) is 9.20. The lowest BCUT2D eigenvalue weighted by atomic mass is 9.66. The molecule has 0 aromatic rings. The molecule has 0 unspecified atom stereocenters. The second-order valence-electron chi connectivity index (χ2n) is 3.44. The summed E-state index contributed by atoms with van der Waals surface area (Å²) in [6.45, 7) is 0.424. The van der Waals surface area contributed by atoms with Crippen LogP contribution in [0, 0.1) is 5.41 Å². The summed E-state index contributed by atoms with van der Waals surface area (Å²) in [5.41, 5.74) is -0.632. The third-order valence-corrected chi connectivity index (χ3v) is 2.90. The molecule has 0 amide bonds. The van der Waals surface area contributed by atoms with Crippen LogP contribution in [0.2, 0.25) is 0 Å². The summed E-state index contributed by atoms with van der Waals surface area (Å²) in [5.74, 6) is -2.43. The zero-order valence-electron chi connectivity index (χ0n) is 6.20. The summed E-state index contributed by atoms with van der Waals surface area (Å²) in [5, 5.41) is 2.76. The Morgan fingerprint density at radius 3 is 1.91 bits per heavy atom. The van der Waals surface area contributed by atoms with Crippen LogP contribution in [0.15, 0.2) is 0 Å². The quantitative estimate of drug-likeness (QED) is 0.604. The smallest absolute Gasteiger partial charge is 0.267 e. The molecular formula is C7H12ClF2N. The first-order valence-corrected chi connectivity index (χ1v) is 3.75. The van der Waals surface area contributed by atoms with E-state index in [-0.39, 0.29) is 19.0 Å². The molecule has 1 N–H and O–H groups in total. The lowest BCUT2D eigenvalue weighted by Gasteiger charge is -2.41. The maximum absolute atomic E-state index is 13.0. The maximum atomic E-state index is 13.0. The van der Waals surface area contributed by atoms with Crippen LogP contribution in [0.3, 0.4) is 0 Å². The van der Waals surface area contributed by atoms with Crippen molar-refractivity contribution in [2.24, 2.45) is 5.41 Å². The fraction of sp³-hybridized carbons (Fsp3) is 1.00. The molecule has 66 valence electrons. The second-order valence-corrected chi connectivity index (χ2v) is 3.44. The van der Waals surface area contributed by atoms with Gasteiger partial charge in [-0.1, -0.05) is 6.42 Å². The Hall–Kier alpha value is 0.110. The standard InChI is InChI=1S/C7H11F2N.ClH/c8-7(9)5-10-4-6(7)2-1-3-6;/h10H,1-5H2;1H. The van der Waals surface area contributed by atoms with Crippen molar-refractivity contribution in [1.29, 1.82) is 0 Å². The molecule has 4 heteroatoms. The molecule has 0 atom stereocenters. The Labute approximate surface area is 71.0 Å². The van der Waals surface area contributed by atoms with Crippen LogP contribution in [0.1, 0.15) is 19.3 Å². The SMILES string of the molecule is Cl.FC1(F)CNCC12CCC2. The third kappa shape index (κ3) is 1.05. The highest BCUT2D eigenvalue weighted by Crippen LogP contribution is 2.53. The van der Waals surface area contributed by atoms with E-state index in [2.05, 4.69) is 5.32 Å². The van der Waals surface area contributed by atoms with Crippen LogP contribution >= 0.6 is 12.4 Å². The van der Waals surface area contributed by atoms with Gasteiger partial charge in [-0.05, 0) is 12.8 Å². The van der Waals surface area contributed by atoms with E-state index in [4.69, 9.17) is 0 Å². The van der Waals surface area contributed by atoms with Gasteiger partial charge in [-0.25, -0.2) is 8.78 Å². The molecule has 1 aliphatic heterocycles. The molecular weight excluding hydrogens is 172 g/mol. The molecule has 2 rings (SSSR count). The minimum atomic E-state index is -2.43. The van der Waals surface area contributed by atoms with Crippen LogP contribution in [0.25, 0.3) is 0 Å². The maximum Gasteiger partial charge on any atom is 0.267 e. The minimum Gasteiger partial charge on any atom is -0.310 e. The molecule has 2 fully saturated rings. The van der Waals surface area contributed by atoms with E-state index < -0.39 is 11.3 Å². The first-order chi connectivity index (χ1) is 4.66. The van der Waals surface area contributed by atoms with Gasteiger partial charge in [-0.2, -0.15) is 0 Å². The highest BCUT2D eigenvalue weighted by Gasteiger charge is 2.59. The largest absolute Gasteiger partial charge is 0.310 e. The van der Waals surface area contributed by atoms with Crippen molar-refractivity contribution in [1.82, 2.24) is 5.32 Å². The molecule has 0 bridgehead atoms. The first-order valence-electron chi connectivity index (χ1n) is 3.75. The average molecular weight is 184 g/mol. The molecule has 1 heterocycles. The van der Waals surface area contributed by atoms with E-state index in [1.54, 1.807) is 0 Å². The van der Waals surface area contributed by atoms with E-state index in [1.807, 2.05) is 0 Å². The van der Waals surface area contributed by atoms with Crippen LogP contribution in [0.5, 0.6) is 0 Å². The van der Waals surface area contributed by atoms with Crippen molar-refractivity contribution in [3.63, 3.8) is 0 Å². The predicted molar refractivity (Wildman–Crippen MR) is 41.3 cm³/mol. The minimum absolute atomic E-state index is 0. The summed E-state index contributed by atoms with van der Waals surface area (Å²) in [6.07, 6.45) is 2.41. The normalized spacial score (nSPS) is 31.1. The van der Waals surface area contributed by atoms with Gasteiger partial charge >= 0.3 is 0 Å². The topological polar surface area (TPSA) is 12.0 Å². The Bertz CT molecular complexity index is 157. The van der Waals surface area contributed by atoms with Crippen LogP contribution in [-0.4, -0.2) is 19.0 Å². The highest BCUT2D eigenvalue weighted by atomic mass is 35.5. The summed E-state index contributed by atoms with van der Waals surface area (Å²) in [7, 11) is 0. The fourth-order valence-corrected chi connectivity index (χ4v) is 1.92. The van der Waals surface area contributed by atoms with E-state index in [0.717, 1.165) is 6.42 Å². The van der Waals surface area contributed by atoms with Crippen molar-refractivity contribution in [3.05, 3.63) is 0 Å². The molecule has 0 aromatic heterocycles. The molecule has 0 radical (unpaired) electrons. The number of rotatable bonds is 0. The summed E-state index contributed by atoms with van der Waals surface area (Å²) in [4.78, 5) is 0. The van der Waals surface area contributed by atoms with Crippen LogP contribution in [0.4, 0.5) is 8.78 Å². The number of nitrogens with one attached hydrogen (secondary N) is 1. The van der Waals surface area contributed by atoms with Gasteiger partial charge in [-0.3, -0.25) is 0 Å². The number of hydrogen-bond acceptors (Lipinski definition) is 1. The van der Waals surface area contributed by atoms with Crippen molar-refractivity contribution in [3.8, 4) is 0 Å². The molecule has 1 saturated carbocycles. The zero-order valence-corrected chi connectivity index (χ0v) is 7.02. The van der Waals surface area contributed by atoms with Gasteiger partial charge in [-0.15, -0.1) is 12.4 Å². The van der Waals surface area contributed by atoms with Gasteiger partial charge in [0.2, 0.25) is 0 Å². The predicted octanol–water partition coefficient (Wildman–Crippen LogP) is 1.82. The van der Waals surface area contributed by atoms with Gasteiger partial charge in [0.1, 0.15) is 0 Å². The lowest BCUT2D eigenvalue weighted by molar-refractivity contribution is -0.122. The van der Waals surface area contributed by atoms with E-state index >= 15 is 0 Å². The zero-order chi connectivity index (χ0) is 7.24. The summed E-state index contributed by atoms with van der Waals surface area (Å²) in [6, 6.07) is 0. The highest BCUT2D eigenvalue weighted by molar-refractivity contribution is 5.85. The molecule has 2 aliphatic rings. The fourth-order valence-electron chi connectivity index (χ4n) is 1.92. The molecule has 1 aliphatic carbocycles. The van der Waals surface area contributed by atoms with Crippen molar-refractivity contribution in [2.45, 2.75) is 25.2 Å². The number of halogens is 3.